The SMILES string of the molecule is O=C(NCC1(CO)CCCC1)c1ccc(Br)cc1F. The van der Waals surface area contributed by atoms with Crippen LogP contribution in [0.2, 0.25) is 0 Å². The summed E-state index contributed by atoms with van der Waals surface area (Å²) < 4.78 is 14.2. The molecule has 19 heavy (non-hydrogen) atoms. The summed E-state index contributed by atoms with van der Waals surface area (Å²) in [6.45, 7) is 0.466. The van der Waals surface area contributed by atoms with E-state index >= 15 is 0 Å². The molecule has 0 unspecified atom stereocenters. The zero-order valence-electron chi connectivity index (χ0n) is 10.6. The number of rotatable bonds is 4. The molecule has 0 aliphatic heterocycles. The maximum Gasteiger partial charge on any atom is 0.254 e. The standard InChI is InChI=1S/C14H17BrFNO2/c15-10-3-4-11(12(16)7-10)13(19)17-8-14(9-18)5-1-2-6-14/h3-4,7,18H,1-2,5-6,8-9H2,(H,17,19). The van der Waals surface area contributed by atoms with Gasteiger partial charge in [-0.3, -0.25) is 4.79 Å². The zero-order valence-corrected chi connectivity index (χ0v) is 12.2. The van der Waals surface area contributed by atoms with E-state index in [0.717, 1.165) is 25.7 Å². The third-order valence-electron chi connectivity index (χ3n) is 3.80. The van der Waals surface area contributed by atoms with Gasteiger partial charge in [0, 0.05) is 16.4 Å². The number of aliphatic hydroxyl groups excluding tert-OH is 1. The van der Waals surface area contributed by atoms with E-state index < -0.39 is 11.7 Å². The van der Waals surface area contributed by atoms with Gasteiger partial charge in [0.2, 0.25) is 0 Å². The third-order valence-corrected chi connectivity index (χ3v) is 4.29. The molecule has 1 aromatic rings. The summed E-state index contributed by atoms with van der Waals surface area (Å²) in [6, 6.07) is 4.36. The molecule has 1 fully saturated rings. The lowest BCUT2D eigenvalue weighted by molar-refractivity contribution is 0.0877. The van der Waals surface area contributed by atoms with E-state index in [2.05, 4.69) is 21.2 Å². The van der Waals surface area contributed by atoms with Gasteiger partial charge in [0.1, 0.15) is 5.82 Å². The van der Waals surface area contributed by atoms with Crippen LogP contribution in [-0.4, -0.2) is 24.2 Å². The molecule has 1 aromatic carbocycles. The van der Waals surface area contributed by atoms with Gasteiger partial charge in [-0.25, -0.2) is 4.39 Å². The van der Waals surface area contributed by atoms with Gasteiger partial charge < -0.3 is 10.4 Å². The van der Waals surface area contributed by atoms with Gasteiger partial charge in [0.25, 0.3) is 5.91 Å². The summed E-state index contributed by atoms with van der Waals surface area (Å²) in [7, 11) is 0. The van der Waals surface area contributed by atoms with Crippen molar-refractivity contribution < 1.29 is 14.3 Å². The van der Waals surface area contributed by atoms with Gasteiger partial charge >= 0.3 is 0 Å². The van der Waals surface area contributed by atoms with Gasteiger partial charge in [-0.1, -0.05) is 28.8 Å². The highest BCUT2D eigenvalue weighted by Gasteiger charge is 2.33. The van der Waals surface area contributed by atoms with Crippen molar-refractivity contribution in [3.63, 3.8) is 0 Å². The van der Waals surface area contributed by atoms with Gasteiger partial charge in [0.15, 0.2) is 0 Å². The predicted octanol–water partition coefficient (Wildman–Crippen LogP) is 2.87. The van der Waals surface area contributed by atoms with Crippen LogP contribution in [0.1, 0.15) is 36.0 Å². The number of hydrogen-bond acceptors (Lipinski definition) is 2. The summed E-state index contributed by atoms with van der Waals surface area (Å²) in [6.07, 6.45) is 3.96. The van der Waals surface area contributed by atoms with Crippen LogP contribution in [0.3, 0.4) is 0 Å². The number of aliphatic hydroxyl groups is 1. The number of carbonyl (C=O) groups is 1. The first-order valence-corrected chi connectivity index (χ1v) is 7.20. The molecular formula is C14H17BrFNO2. The molecule has 0 bridgehead atoms. The number of hydrogen-bond donors (Lipinski definition) is 2. The monoisotopic (exact) mass is 329 g/mol. The van der Waals surface area contributed by atoms with E-state index in [1.54, 1.807) is 6.07 Å². The van der Waals surface area contributed by atoms with Crippen LogP contribution in [0.5, 0.6) is 0 Å². The minimum atomic E-state index is -0.545. The van der Waals surface area contributed by atoms with Crippen molar-refractivity contribution in [2.75, 3.05) is 13.2 Å². The molecule has 0 radical (unpaired) electrons. The Morgan fingerprint density at radius 1 is 1.42 bits per heavy atom. The fourth-order valence-corrected chi connectivity index (χ4v) is 2.89. The molecule has 3 nitrogen and oxygen atoms in total. The first kappa shape index (κ1) is 14.5. The Labute approximate surface area is 120 Å². The molecule has 0 spiro atoms. The van der Waals surface area contributed by atoms with Crippen LogP contribution in [0.25, 0.3) is 0 Å². The predicted molar refractivity (Wildman–Crippen MR) is 74.4 cm³/mol. The third kappa shape index (κ3) is 3.34. The molecule has 1 amide bonds. The lowest BCUT2D eigenvalue weighted by atomic mass is 9.87. The van der Waals surface area contributed by atoms with E-state index in [1.807, 2.05) is 0 Å². The topological polar surface area (TPSA) is 49.3 Å². The average Bonchev–Trinajstić information content (AvgIpc) is 2.85. The van der Waals surface area contributed by atoms with Crippen molar-refractivity contribution in [1.29, 1.82) is 0 Å². The zero-order chi connectivity index (χ0) is 13.9. The number of benzene rings is 1. The van der Waals surface area contributed by atoms with E-state index in [-0.39, 0.29) is 17.6 Å². The molecule has 0 atom stereocenters. The second-order valence-corrected chi connectivity index (χ2v) is 6.09. The van der Waals surface area contributed by atoms with Gasteiger partial charge in [-0.15, -0.1) is 0 Å². The molecular weight excluding hydrogens is 313 g/mol. The molecule has 0 aromatic heterocycles. The Hall–Kier alpha value is -0.940. The van der Waals surface area contributed by atoms with E-state index in [0.29, 0.717) is 11.0 Å². The van der Waals surface area contributed by atoms with Crippen LogP contribution < -0.4 is 5.32 Å². The molecule has 1 aliphatic rings. The van der Waals surface area contributed by atoms with Crippen molar-refractivity contribution in [2.24, 2.45) is 5.41 Å². The highest BCUT2D eigenvalue weighted by molar-refractivity contribution is 9.10. The highest BCUT2D eigenvalue weighted by atomic mass is 79.9. The highest BCUT2D eigenvalue weighted by Crippen LogP contribution is 2.36. The minimum absolute atomic E-state index is 0.0364. The number of nitrogens with one attached hydrogen (secondary N) is 1. The van der Waals surface area contributed by atoms with Gasteiger partial charge in [-0.2, -0.15) is 0 Å². The quantitative estimate of drug-likeness (QED) is 0.892. The summed E-state index contributed by atoms with van der Waals surface area (Å²) in [4.78, 5) is 11.9. The number of halogens is 2. The lowest BCUT2D eigenvalue weighted by Gasteiger charge is -2.26. The Morgan fingerprint density at radius 3 is 2.68 bits per heavy atom. The van der Waals surface area contributed by atoms with Gasteiger partial charge in [-0.05, 0) is 31.0 Å². The fourth-order valence-electron chi connectivity index (χ4n) is 2.55. The second-order valence-electron chi connectivity index (χ2n) is 5.17. The van der Waals surface area contributed by atoms with Crippen molar-refractivity contribution in [1.82, 2.24) is 5.32 Å². The molecule has 1 saturated carbocycles. The molecule has 104 valence electrons. The Kier molecular flexibility index (Phi) is 4.58. The molecule has 2 N–H and O–H groups in total. The first-order valence-electron chi connectivity index (χ1n) is 6.40. The summed E-state index contributed by atoms with van der Waals surface area (Å²) >= 11 is 3.15. The molecule has 0 heterocycles. The summed E-state index contributed by atoms with van der Waals surface area (Å²) in [5.41, 5.74) is -0.184. The molecule has 5 heteroatoms. The lowest BCUT2D eigenvalue weighted by Crippen LogP contribution is -2.38. The number of amides is 1. The van der Waals surface area contributed by atoms with Crippen LogP contribution in [0.4, 0.5) is 4.39 Å². The largest absolute Gasteiger partial charge is 0.396 e. The second kappa shape index (κ2) is 6.01. The van der Waals surface area contributed by atoms with Crippen molar-refractivity contribution in [2.45, 2.75) is 25.7 Å². The van der Waals surface area contributed by atoms with Crippen LogP contribution >= 0.6 is 15.9 Å². The Balaban J connectivity index is 2.01. The van der Waals surface area contributed by atoms with Crippen LogP contribution in [0.15, 0.2) is 22.7 Å². The minimum Gasteiger partial charge on any atom is -0.396 e. The van der Waals surface area contributed by atoms with Crippen molar-refractivity contribution >= 4 is 21.8 Å². The van der Waals surface area contributed by atoms with E-state index in [4.69, 9.17) is 0 Å². The Morgan fingerprint density at radius 2 is 2.11 bits per heavy atom. The van der Waals surface area contributed by atoms with Crippen LogP contribution in [-0.2, 0) is 0 Å². The van der Waals surface area contributed by atoms with E-state index in [9.17, 15) is 14.3 Å². The average molecular weight is 330 g/mol. The Bertz CT molecular complexity index is 473. The van der Waals surface area contributed by atoms with Crippen molar-refractivity contribution in [3.05, 3.63) is 34.1 Å². The maximum atomic E-state index is 13.6. The molecule has 1 aliphatic carbocycles. The molecule has 0 saturated heterocycles. The van der Waals surface area contributed by atoms with E-state index in [1.165, 1.54) is 12.1 Å². The summed E-state index contributed by atoms with van der Waals surface area (Å²) in [5, 5.41) is 12.2. The molecule has 2 rings (SSSR count). The van der Waals surface area contributed by atoms with Crippen molar-refractivity contribution in [3.8, 4) is 0 Å². The van der Waals surface area contributed by atoms with Crippen LogP contribution in [0, 0.1) is 11.2 Å². The maximum absolute atomic E-state index is 13.6. The first-order chi connectivity index (χ1) is 9.06. The normalized spacial score (nSPS) is 17.4. The summed E-state index contributed by atoms with van der Waals surface area (Å²) in [5.74, 6) is -0.971. The fraction of sp³-hybridized carbons (Fsp3) is 0.500. The smallest absolute Gasteiger partial charge is 0.254 e. The number of carbonyl (C=O) groups excluding carboxylic acids is 1. The van der Waals surface area contributed by atoms with Gasteiger partial charge in [0.05, 0.1) is 12.2 Å².